The summed E-state index contributed by atoms with van der Waals surface area (Å²) < 4.78 is 36.8. The van der Waals surface area contributed by atoms with E-state index in [4.69, 9.17) is 5.73 Å². The minimum Gasteiger partial charge on any atom is -0.346 e. The molecule has 1 aliphatic heterocycles. The van der Waals surface area contributed by atoms with Crippen LogP contribution in [0, 0.1) is 6.92 Å². The van der Waals surface area contributed by atoms with Crippen LogP contribution < -0.4 is 10.6 Å². The van der Waals surface area contributed by atoms with Gasteiger partial charge >= 0.3 is 6.18 Å². The Hall–Kier alpha value is -0.860. The fourth-order valence-electron chi connectivity index (χ4n) is 2.09. The van der Waals surface area contributed by atoms with Crippen molar-refractivity contribution in [3.8, 4) is 0 Å². The molecule has 0 bridgehead atoms. The average molecular weight is 294 g/mol. The first-order valence-electron chi connectivity index (χ1n) is 6.09. The molecule has 2 rings (SSSR count). The van der Waals surface area contributed by atoms with E-state index in [0.29, 0.717) is 32.7 Å². The summed E-state index contributed by atoms with van der Waals surface area (Å²) in [5.74, 6) is 0. The normalized spacial score (nSPS) is 18.1. The number of aromatic nitrogens is 1. The molecule has 4 nitrogen and oxygen atoms in total. The molecule has 8 heteroatoms. The molecule has 0 aliphatic carbocycles. The summed E-state index contributed by atoms with van der Waals surface area (Å²) in [7, 11) is 0. The topological polar surface area (TPSA) is 45.4 Å². The molecule has 0 radical (unpaired) electrons. The van der Waals surface area contributed by atoms with Crippen LogP contribution in [0.4, 0.5) is 18.3 Å². The molecule has 19 heavy (non-hydrogen) atoms. The maximum absolute atomic E-state index is 12.3. The Kier molecular flexibility index (Phi) is 4.32. The predicted octanol–water partition coefficient (Wildman–Crippen LogP) is 1.59. The zero-order valence-electron chi connectivity index (χ0n) is 10.7. The molecule has 1 aliphatic rings. The summed E-state index contributed by atoms with van der Waals surface area (Å²) in [6.45, 7) is 3.51. The molecule has 0 unspecified atom stereocenters. The Bertz CT molecular complexity index is 424. The molecule has 1 aromatic heterocycles. The molecular formula is C11H17F3N4S. The number of thiazole rings is 1. The predicted molar refractivity (Wildman–Crippen MR) is 69.5 cm³/mol. The molecule has 2 N–H and O–H groups in total. The van der Waals surface area contributed by atoms with Crippen molar-refractivity contribution in [3.63, 3.8) is 0 Å². The third-order valence-electron chi connectivity index (χ3n) is 3.11. The Labute approximate surface area is 114 Å². The Morgan fingerprint density at radius 3 is 2.37 bits per heavy atom. The molecule has 108 valence electrons. The first-order chi connectivity index (χ1) is 8.89. The summed E-state index contributed by atoms with van der Waals surface area (Å²) >= 11 is 1.53. The molecule has 0 amide bonds. The van der Waals surface area contributed by atoms with Crippen molar-refractivity contribution in [1.82, 2.24) is 9.88 Å². The van der Waals surface area contributed by atoms with E-state index >= 15 is 0 Å². The standard InChI is InChI=1S/C11H17F3N4S/c1-8-9(6-15)19-10(16-8)18-4-2-17(3-5-18)7-11(12,13)14/h2-7,15H2,1H3. The summed E-state index contributed by atoms with van der Waals surface area (Å²) in [5.41, 5.74) is 6.52. The first-order valence-corrected chi connectivity index (χ1v) is 6.91. The molecule has 1 aromatic rings. The van der Waals surface area contributed by atoms with Crippen molar-refractivity contribution < 1.29 is 13.2 Å². The highest BCUT2D eigenvalue weighted by Crippen LogP contribution is 2.27. The average Bonchev–Trinajstić information content (AvgIpc) is 2.69. The maximum Gasteiger partial charge on any atom is 0.401 e. The number of anilines is 1. The first kappa shape index (κ1) is 14.5. The summed E-state index contributed by atoms with van der Waals surface area (Å²) in [4.78, 5) is 8.93. The highest BCUT2D eigenvalue weighted by molar-refractivity contribution is 7.15. The van der Waals surface area contributed by atoms with Crippen LogP contribution in [0.5, 0.6) is 0 Å². The molecule has 0 spiro atoms. The lowest BCUT2D eigenvalue weighted by atomic mass is 10.3. The van der Waals surface area contributed by atoms with E-state index in [1.54, 1.807) is 0 Å². The van der Waals surface area contributed by atoms with Gasteiger partial charge in [-0.3, -0.25) is 4.90 Å². The second kappa shape index (κ2) is 5.64. The van der Waals surface area contributed by atoms with Gasteiger partial charge in [0.15, 0.2) is 5.13 Å². The van der Waals surface area contributed by atoms with Gasteiger partial charge in [0.1, 0.15) is 0 Å². The Balaban J connectivity index is 1.92. The van der Waals surface area contributed by atoms with Crippen molar-refractivity contribution >= 4 is 16.5 Å². The monoisotopic (exact) mass is 294 g/mol. The van der Waals surface area contributed by atoms with Crippen molar-refractivity contribution in [2.24, 2.45) is 5.73 Å². The fourth-order valence-corrected chi connectivity index (χ4v) is 3.08. The Morgan fingerprint density at radius 2 is 1.89 bits per heavy atom. The minimum atomic E-state index is -4.12. The molecule has 0 atom stereocenters. The van der Waals surface area contributed by atoms with Gasteiger partial charge in [0, 0.05) is 37.6 Å². The highest BCUT2D eigenvalue weighted by Gasteiger charge is 2.32. The second-order valence-electron chi connectivity index (χ2n) is 4.59. The highest BCUT2D eigenvalue weighted by atomic mass is 32.1. The van der Waals surface area contributed by atoms with Gasteiger partial charge in [0.05, 0.1) is 12.2 Å². The largest absolute Gasteiger partial charge is 0.401 e. The van der Waals surface area contributed by atoms with Crippen LogP contribution in [0.2, 0.25) is 0 Å². The third kappa shape index (κ3) is 3.80. The summed E-state index contributed by atoms with van der Waals surface area (Å²) in [5, 5.41) is 0.865. The lowest BCUT2D eigenvalue weighted by molar-refractivity contribution is -0.146. The number of aryl methyl sites for hydroxylation is 1. The lowest BCUT2D eigenvalue weighted by Crippen LogP contribution is -2.49. The van der Waals surface area contributed by atoms with Crippen LogP contribution in [0.15, 0.2) is 0 Å². The lowest BCUT2D eigenvalue weighted by Gasteiger charge is -2.34. The van der Waals surface area contributed by atoms with E-state index < -0.39 is 12.7 Å². The number of rotatable bonds is 3. The van der Waals surface area contributed by atoms with E-state index in [-0.39, 0.29) is 0 Å². The van der Waals surface area contributed by atoms with Gasteiger partial charge in [-0.05, 0) is 6.92 Å². The molecule has 1 fully saturated rings. The molecular weight excluding hydrogens is 277 g/mol. The van der Waals surface area contributed by atoms with Gasteiger partial charge in [-0.1, -0.05) is 0 Å². The molecule has 2 heterocycles. The number of halogens is 3. The number of alkyl halides is 3. The number of nitrogens with two attached hydrogens (primary N) is 1. The van der Waals surface area contributed by atoms with Crippen molar-refractivity contribution in [1.29, 1.82) is 0 Å². The summed E-state index contributed by atoms with van der Waals surface area (Å²) in [6, 6.07) is 0. The smallest absolute Gasteiger partial charge is 0.346 e. The van der Waals surface area contributed by atoms with E-state index in [0.717, 1.165) is 15.7 Å². The van der Waals surface area contributed by atoms with E-state index in [9.17, 15) is 13.2 Å². The zero-order chi connectivity index (χ0) is 14.0. The van der Waals surface area contributed by atoms with Gasteiger partial charge in [-0.25, -0.2) is 4.98 Å². The molecule has 0 saturated carbocycles. The third-order valence-corrected chi connectivity index (χ3v) is 4.35. The van der Waals surface area contributed by atoms with Crippen LogP contribution in [0.3, 0.4) is 0 Å². The molecule has 1 saturated heterocycles. The number of hydrogen-bond acceptors (Lipinski definition) is 5. The van der Waals surface area contributed by atoms with Crippen LogP contribution in [0.1, 0.15) is 10.6 Å². The SMILES string of the molecule is Cc1nc(N2CCN(CC(F)(F)F)CC2)sc1CN. The minimum absolute atomic E-state index is 0.413. The van der Waals surface area contributed by atoms with Crippen LogP contribution in [0.25, 0.3) is 0 Å². The van der Waals surface area contributed by atoms with Gasteiger partial charge in [-0.2, -0.15) is 13.2 Å². The number of hydrogen-bond donors (Lipinski definition) is 1. The maximum atomic E-state index is 12.3. The van der Waals surface area contributed by atoms with Gasteiger partial charge < -0.3 is 10.6 Å². The summed E-state index contributed by atoms with van der Waals surface area (Å²) in [6.07, 6.45) is -4.12. The van der Waals surface area contributed by atoms with E-state index in [1.165, 1.54) is 16.2 Å². The zero-order valence-corrected chi connectivity index (χ0v) is 11.5. The quantitative estimate of drug-likeness (QED) is 0.919. The van der Waals surface area contributed by atoms with Gasteiger partial charge in [-0.15, -0.1) is 11.3 Å². The molecule has 0 aromatic carbocycles. The number of piperazine rings is 1. The van der Waals surface area contributed by atoms with Gasteiger partial charge in [0.2, 0.25) is 0 Å². The van der Waals surface area contributed by atoms with Crippen LogP contribution >= 0.6 is 11.3 Å². The Morgan fingerprint density at radius 1 is 1.26 bits per heavy atom. The van der Waals surface area contributed by atoms with Crippen molar-refractivity contribution in [2.75, 3.05) is 37.6 Å². The van der Waals surface area contributed by atoms with Crippen molar-refractivity contribution in [3.05, 3.63) is 10.6 Å². The van der Waals surface area contributed by atoms with Crippen LogP contribution in [-0.2, 0) is 6.54 Å². The second-order valence-corrected chi connectivity index (χ2v) is 5.65. The van der Waals surface area contributed by atoms with E-state index in [1.807, 2.05) is 11.8 Å². The number of nitrogens with zero attached hydrogens (tertiary/aromatic N) is 3. The van der Waals surface area contributed by atoms with E-state index in [2.05, 4.69) is 4.98 Å². The van der Waals surface area contributed by atoms with Crippen LogP contribution in [-0.4, -0.2) is 48.8 Å². The fraction of sp³-hybridized carbons (Fsp3) is 0.727. The van der Waals surface area contributed by atoms with Gasteiger partial charge in [0.25, 0.3) is 0 Å². The van der Waals surface area contributed by atoms with Crippen molar-refractivity contribution in [2.45, 2.75) is 19.6 Å².